The van der Waals surface area contributed by atoms with Gasteiger partial charge in [-0.3, -0.25) is 0 Å². The van der Waals surface area contributed by atoms with E-state index in [9.17, 15) is 0 Å². The van der Waals surface area contributed by atoms with Gasteiger partial charge in [0.05, 0.1) is 6.20 Å². The van der Waals surface area contributed by atoms with E-state index in [1.165, 1.54) is 16.7 Å². The summed E-state index contributed by atoms with van der Waals surface area (Å²) in [6, 6.07) is 8.63. The highest BCUT2D eigenvalue weighted by atomic mass is 15.2. The van der Waals surface area contributed by atoms with E-state index in [0.29, 0.717) is 0 Å². The molecule has 2 heterocycles. The molecule has 0 saturated heterocycles. The highest BCUT2D eigenvalue weighted by Gasteiger charge is 2.09. The second kappa shape index (κ2) is 4.74. The number of rotatable bonds is 3. The van der Waals surface area contributed by atoms with Crippen molar-refractivity contribution in [3.05, 3.63) is 52.7 Å². The van der Waals surface area contributed by atoms with Crippen molar-refractivity contribution < 1.29 is 0 Å². The van der Waals surface area contributed by atoms with E-state index in [1.54, 1.807) is 6.20 Å². The van der Waals surface area contributed by atoms with Gasteiger partial charge < -0.3 is 10.6 Å². The average Bonchev–Trinajstić information content (AvgIpc) is 2.84. The third-order valence-corrected chi connectivity index (χ3v) is 3.17. The lowest BCUT2D eigenvalue weighted by Gasteiger charge is -2.07. The summed E-state index contributed by atoms with van der Waals surface area (Å²) in [5.74, 6) is 0.827. The van der Waals surface area contributed by atoms with Crippen LogP contribution in [-0.4, -0.2) is 10.2 Å². The molecule has 0 aliphatic carbocycles. The normalized spacial score (nSPS) is 13.4. The van der Waals surface area contributed by atoms with E-state index in [1.807, 2.05) is 13.0 Å². The molecular formula is C14H16N4. The van der Waals surface area contributed by atoms with Crippen LogP contribution in [0, 0.1) is 6.92 Å². The largest absolute Gasteiger partial charge is 0.364 e. The number of nitrogens with zero attached hydrogens (tertiary/aromatic N) is 2. The van der Waals surface area contributed by atoms with Crippen LogP contribution >= 0.6 is 0 Å². The van der Waals surface area contributed by atoms with Gasteiger partial charge in [0.25, 0.3) is 0 Å². The zero-order chi connectivity index (χ0) is 12.4. The van der Waals surface area contributed by atoms with Crippen LogP contribution in [0.2, 0.25) is 0 Å². The predicted octanol–water partition coefficient (Wildman–Crippen LogP) is 2.00. The minimum atomic E-state index is 0.783. The molecule has 18 heavy (non-hydrogen) atoms. The monoisotopic (exact) mass is 240 g/mol. The summed E-state index contributed by atoms with van der Waals surface area (Å²) < 4.78 is 0. The Morgan fingerprint density at radius 2 is 2.11 bits per heavy atom. The molecule has 1 aliphatic rings. The topological polar surface area (TPSA) is 49.8 Å². The Hall–Kier alpha value is -1.94. The average molecular weight is 240 g/mol. The molecule has 2 aromatic rings. The van der Waals surface area contributed by atoms with Crippen LogP contribution < -0.4 is 10.6 Å². The Bertz CT molecular complexity index is 565. The molecule has 1 aromatic heterocycles. The van der Waals surface area contributed by atoms with Gasteiger partial charge in [-0.15, -0.1) is 5.10 Å². The van der Waals surface area contributed by atoms with E-state index in [0.717, 1.165) is 31.0 Å². The minimum Gasteiger partial charge on any atom is -0.364 e. The Kier molecular flexibility index (Phi) is 2.94. The first-order valence-electron chi connectivity index (χ1n) is 6.16. The van der Waals surface area contributed by atoms with Gasteiger partial charge in [-0.25, -0.2) is 0 Å². The van der Waals surface area contributed by atoms with Crippen molar-refractivity contribution in [2.75, 3.05) is 5.32 Å². The van der Waals surface area contributed by atoms with Gasteiger partial charge in [0.2, 0.25) is 0 Å². The first-order chi connectivity index (χ1) is 8.81. The number of hydrogen-bond donors (Lipinski definition) is 2. The summed E-state index contributed by atoms with van der Waals surface area (Å²) in [7, 11) is 0. The number of aryl methyl sites for hydroxylation is 1. The summed E-state index contributed by atoms with van der Waals surface area (Å²) >= 11 is 0. The molecule has 92 valence electrons. The SMILES string of the molecule is Cc1cnnc(NCc2ccc3c(c2)CNC3)c1. The summed E-state index contributed by atoms with van der Waals surface area (Å²) in [5.41, 5.74) is 5.21. The van der Waals surface area contributed by atoms with E-state index in [2.05, 4.69) is 39.0 Å². The molecule has 1 aromatic carbocycles. The van der Waals surface area contributed by atoms with Crippen LogP contribution in [-0.2, 0) is 19.6 Å². The van der Waals surface area contributed by atoms with Crippen molar-refractivity contribution in [2.24, 2.45) is 0 Å². The standard InChI is InChI=1S/C14H16N4/c1-10-4-14(18-17-6-10)16-7-11-2-3-12-8-15-9-13(12)5-11/h2-6,15H,7-9H2,1H3,(H,16,18). The van der Waals surface area contributed by atoms with E-state index < -0.39 is 0 Å². The van der Waals surface area contributed by atoms with Crippen molar-refractivity contribution in [1.29, 1.82) is 0 Å². The molecule has 1 aliphatic heterocycles. The zero-order valence-electron chi connectivity index (χ0n) is 10.4. The first-order valence-corrected chi connectivity index (χ1v) is 6.16. The molecule has 0 fully saturated rings. The highest BCUT2D eigenvalue weighted by Crippen LogP contribution is 2.17. The molecule has 0 amide bonds. The van der Waals surface area contributed by atoms with Gasteiger partial charge in [0.1, 0.15) is 5.82 Å². The van der Waals surface area contributed by atoms with Gasteiger partial charge >= 0.3 is 0 Å². The molecule has 0 spiro atoms. The number of aromatic nitrogens is 2. The van der Waals surface area contributed by atoms with Gasteiger partial charge in [-0.1, -0.05) is 18.2 Å². The second-order valence-electron chi connectivity index (χ2n) is 4.68. The molecule has 2 N–H and O–H groups in total. The van der Waals surface area contributed by atoms with Crippen LogP contribution in [0.5, 0.6) is 0 Å². The Morgan fingerprint density at radius 3 is 3.00 bits per heavy atom. The maximum atomic E-state index is 4.05. The Balaban J connectivity index is 1.70. The number of hydrogen-bond acceptors (Lipinski definition) is 4. The highest BCUT2D eigenvalue weighted by molar-refractivity contribution is 5.39. The van der Waals surface area contributed by atoms with E-state index in [-0.39, 0.29) is 0 Å². The molecule has 4 nitrogen and oxygen atoms in total. The summed E-state index contributed by atoms with van der Waals surface area (Å²) in [5, 5.41) is 14.6. The predicted molar refractivity (Wildman–Crippen MR) is 71.1 cm³/mol. The van der Waals surface area contributed by atoms with Crippen LogP contribution in [0.1, 0.15) is 22.3 Å². The van der Waals surface area contributed by atoms with Crippen molar-refractivity contribution in [2.45, 2.75) is 26.6 Å². The molecule has 4 heteroatoms. The lowest BCUT2D eigenvalue weighted by molar-refractivity contribution is 0.764. The molecule has 0 atom stereocenters. The molecule has 0 unspecified atom stereocenters. The summed E-state index contributed by atoms with van der Waals surface area (Å²) in [6.07, 6.45) is 1.76. The minimum absolute atomic E-state index is 0.783. The summed E-state index contributed by atoms with van der Waals surface area (Å²) in [4.78, 5) is 0. The zero-order valence-corrected chi connectivity index (χ0v) is 10.4. The third-order valence-electron chi connectivity index (χ3n) is 3.17. The smallest absolute Gasteiger partial charge is 0.149 e. The van der Waals surface area contributed by atoms with Gasteiger partial charge in [0, 0.05) is 19.6 Å². The third kappa shape index (κ3) is 2.33. The fraction of sp³-hybridized carbons (Fsp3) is 0.286. The van der Waals surface area contributed by atoms with Gasteiger partial charge in [0.15, 0.2) is 0 Å². The molecular weight excluding hydrogens is 224 g/mol. The lowest BCUT2D eigenvalue weighted by Crippen LogP contribution is -2.03. The van der Waals surface area contributed by atoms with Crippen molar-refractivity contribution in [3.63, 3.8) is 0 Å². The molecule has 0 saturated carbocycles. The molecule has 0 bridgehead atoms. The lowest BCUT2D eigenvalue weighted by atomic mass is 10.1. The van der Waals surface area contributed by atoms with Crippen molar-refractivity contribution >= 4 is 5.82 Å². The summed E-state index contributed by atoms with van der Waals surface area (Å²) in [6.45, 7) is 4.77. The number of nitrogens with one attached hydrogen (secondary N) is 2. The fourth-order valence-corrected chi connectivity index (χ4v) is 2.20. The number of anilines is 1. The second-order valence-corrected chi connectivity index (χ2v) is 4.68. The Morgan fingerprint density at radius 1 is 1.22 bits per heavy atom. The molecule has 0 radical (unpaired) electrons. The van der Waals surface area contributed by atoms with Crippen LogP contribution in [0.4, 0.5) is 5.82 Å². The maximum Gasteiger partial charge on any atom is 0.149 e. The van der Waals surface area contributed by atoms with Crippen molar-refractivity contribution in [1.82, 2.24) is 15.5 Å². The van der Waals surface area contributed by atoms with Crippen molar-refractivity contribution in [3.8, 4) is 0 Å². The number of fused-ring (bicyclic) bond motifs is 1. The molecule has 3 rings (SSSR count). The van der Waals surface area contributed by atoms with Crippen LogP contribution in [0.3, 0.4) is 0 Å². The van der Waals surface area contributed by atoms with Gasteiger partial charge in [-0.05, 0) is 35.2 Å². The van der Waals surface area contributed by atoms with Gasteiger partial charge in [-0.2, -0.15) is 5.10 Å². The van der Waals surface area contributed by atoms with E-state index >= 15 is 0 Å². The van der Waals surface area contributed by atoms with Crippen LogP contribution in [0.25, 0.3) is 0 Å². The fourth-order valence-electron chi connectivity index (χ4n) is 2.20. The Labute approximate surface area is 106 Å². The quantitative estimate of drug-likeness (QED) is 0.861. The number of benzene rings is 1. The first kappa shape index (κ1) is 11.2. The maximum absolute atomic E-state index is 4.05. The van der Waals surface area contributed by atoms with Crippen LogP contribution in [0.15, 0.2) is 30.5 Å². The van der Waals surface area contributed by atoms with E-state index in [4.69, 9.17) is 0 Å².